The Kier molecular flexibility index (Phi) is 5.96. The zero-order valence-corrected chi connectivity index (χ0v) is 14.0. The summed E-state index contributed by atoms with van der Waals surface area (Å²) in [6.07, 6.45) is 4.54. The number of para-hydroxylation sites is 1. The van der Waals surface area contributed by atoms with Crippen LogP contribution in [0.5, 0.6) is 0 Å². The van der Waals surface area contributed by atoms with Crippen LogP contribution in [0.3, 0.4) is 0 Å². The van der Waals surface area contributed by atoms with Gasteiger partial charge in [0.1, 0.15) is 6.61 Å². The lowest BCUT2D eigenvalue weighted by atomic mass is 10.2. The number of aromatic nitrogens is 2. The van der Waals surface area contributed by atoms with Crippen LogP contribution in [0.15, 0.2) is 73.1 Å². The summed E-state index contributed by atoms with van der Waals surface area (Å²) >= 11 is 0. The fraction of sp³-hybridized carbons (Fsp3) is 0.200. The van der Waals surface area contributed by atoms with E-state index in [1.165, 1.54) is 0 Å². The zero-order valence-electron chi connectivity index (χ0n) is 14.0. The first-order valence-electron chi connectivity index (χ1n) is 8.28. The standard InChI is InChI=1S/C20H21N3O2/c24-20(16-25-15-17-7-3-1-4-8-17)21-12-11-18-13-22-23(14-18)19-9-5-2-6-10-19/h1-10,13-14H,11-12,15-16H2,(H,21,24). The van der Waals surface area contributed by atoms with Gasteiger partial charge < -0.3 is 10.1 Å². The summed E-state index contributed by atoms with van der Waals surface area (Å²) < 4.78 is 7.25. The predicted octanol–water partition coefficient (Wildman–Crippen LogP) is 2.75. The second-order valence-electron chi connectivity index (χ2n) is 5.71. The van der Waals surface area contributed by atoms with Crippen LogP contribution >= 0.6 is 0 Å². The molecule has 3 rings (SSSR count). The molecule has 0 aliphatic rings. The van der Waals surface area contributed by atoms with E-state index in [4.69, 9.17) is 4.74 Å². The highest BCUT2D eigenvalue weighted by Crippen LogP contribution is 2.07. The van der Waals surface area contributed by atoms with Gasteiger partial charge in [0.2, 0.25) is 5.91 Å². The highest BCUT2D eigenvalue weighted by molar-refractivity contribution is 5.77. The van der Waals surface area contributed by atoms with Crippen molar-refractivity contribution in [2.75, 3.05) is 13.2 Å². The third-order valence-electron chi connectivity index (χ3n) is 3.74. The van der Waals surface area contributed by atoms with E-state index < -0.39 is 0 Å². The van der Waals surface area contributed by atoms with Crippen molar-refractivity contribution in [1.82, 2.24) is 15.1 Å². The van der Waals surface area contributed by atoms with Crippen LogP contribution in [0.4, 0.5) is 0 Å². The molecule has 0 unspecified atom stereocenters. The van der Waals surface area contributed by atoms with Gasteiger partial charge in [-0.15, -0.1) is 0 Å². The molecule has 0 aliphatic carbocycles. The fourth-order valence-corrected chi connectivity index (χ4v) is 2.44. The molecule has 0 radical (unpaired) electrons. The Hall–Kier alpha value is -2.92. The third kappa shape index (κ3) is 5.29. The number of benzene rings is 2. The van der Waals surface area contributed by atoms with Gasteiger partial charge in [0.25, 0.3) is 0 Å². The minimum Gasteiger partial charge on any atom is -0.367 e. The SMILES string of the molecule is O=C(COCc1ccccc1)NCCc1cnn(-c2ccccc2)c1. The molecule has 0 aliphatic heterocycles. The van der Waals surface area contributed by atoms with Crippen molar-refractivity contribution < 1.29 is 9.53 Å². The molecule has 5 heteroatoms. The number of ether oxygens (including phenoxy) is 1. The number of hydrogen-bond acceptors (Lipinski definition) is 3. The van der Waals surface area contributed by atoms with Crippen molar-refractivity contribution in [2.24, 2.45) is 0 Å². The molecule has 0 saturated carbocycles. The lowest BCUT2D eigenvalue weighted by Crippen LogP contribution is -2.29. The second kappa shape index (κ2) is 8.80. The molecule has 0 atom stereocenters. The minimum absolute atomic E-state index is 0.0676. The molecule has 1 N–H and O–H groups in total. The smallest absolute Gasteiger partial charge is 0.246 e. The third-order valence-corrected chi connectivity index (χ3v) is 3.74. The number of carbonyl (C=O) groups is 1. The van der Waals surface area contributed by atoms with Crippen LogP contribution < -0.4 is 5.32 Å². The first kappa shape index (κ1) is 16.9. The molecule has 128 valence electrons. The van der Waals surface area contributed by atoms with Crippen LogP contribution in [0.1, 0.15) is 11.1 Å². The van der Waals surface area contributed by atoms with Crippen molar-refractivity contribution in [2.45, 2.75) is 13.0 Å². The molecule has 25 heavy (non-hydrogen) atoms. The van der Waals surface area contributed by atoms with E-state index in [1.807, 2.05) is 77.7 Å². The number of nitrogens with one attached hydrogen (secondary N) is 1. The van der Waals surface area contributed by atoms with Crippen molar-refractivity contribution >= 4 is 5.91 Å². The maximum Gasteiger partial charge on any atom is 0.246 e. The molecule has 1 aromatic heterocycles. The number of hydrogen-bond donors (Lipinski definition) is 1. The summed E-state index contributed by atoms with van der Waals surface area (Å²) in [6.45, 7) is 1.07. The van der Waals surface area contributed by atoms with E-state index in [2.05, 4.69) is 10.4 Å². The van der Waals surface area contributed by atoms with E-state index in [9.17, 15) is 4.79 Å². The molecule has 0 fully saturated rings. The van der Waals surface area contributed by atoms with Crippen molar-refractivity contribution in [1.29, 1.82) is 0 Å². The van der Waals surface area contributed by atoms with E-state index in [1.54, 1.807) is 0 Å². The van der Waals surface area contributed by atoms with Crippen molar-refractivity contribution in [3.8, 4) is 5.69 Å². The van der Waals surface area contributed by atoms with E-state index >= 15 is 0 Å². The summed E-state index contributed by atoms with van der Waals surface area (Å²) in [5.41, 5.74) is 3.16. The topological polar surface area (TPSA) is 56.1 Å². The highest BCUT2D eigenvalue weighted by Gasteiger charge is 2.04. The molecule has 3 aromatic rings. The summed E-state index contributed by atoms with van der Waals surface area (Å²) in [7, 11) is 0. The lowest BCUT2D eigenvalue weighted by molar-refractivity contribution is -0.126. The molecule has 2 aromatic carbocycles. The van der Waals surface area contributed by atoms with Crippen molar-refractivity contribution in [3.05, 3.63) is 84.2 Å². The lowest BCUT2D eigenvalue weighted by Gasteiger charge is -2.06. The van der Waals surface area contributed by atoms with Gasteiger partial charge in [0.15, 0.2) is 0 Å². The Labute approximate surface area is 147 Å². The number of rotatable bonds is 8. The normalized spacial score (nSPS) is 10.6. The average Bonchev–Trinajstić information content (AvgIpc) is 3.12. The maximum atomic E-state index is 11.8. The van der Waals surface area contributed by atoms with Gasteiger partial charge in [-0.2, -0.15) is 5.10 Å². The van der Waals surface area contributed by atoms with E-state index in [0.29, 0.717) is 13.2 Å². The van der Waals surface area contributed by atoms with Gasteiger partial charge in [-0.1, -0.05) is 48.5 Å². The Bertz CT molecular complexity index is 785. The van der Waals surface area contributed by atoms with Gasteiger partial charge in [-0.3, -0.25) is 4.79 Å². The average molecular weight is 335 g/mol. The van der Waals surface area contributed by atoms with Crippen LogP contribution in [0, 0.1) is 0 Å². The summed E-state index contributed by atoms with van der Waals surface area (Å²) in [6, 6.07) is 19.7. The maximum absolute atomic E-state index is 11.8. The van der Waals surface area contributed by atoms with Gasteiger partial charge >= 0.3 is 0 Å². The molecule has 0 bridgehead atoms. The van der Waals surface area contributed by atoms with Gasteiger partial charge in [-0.05, 0) is 29.7 Å². The Balaban J connectivity index is 1.36. The van der Waals surface area contributed by atoms with Crippen LogP contribution in [-0.2, 0) is 22.6 Å². The molecule has 0 spiro atoms. The molecular weight excluding hydrogens is 314 g/mol. The quantitative estimate of drug-likeness (QED) is 0.689. The van der Waals surface area contributed by atoms with Gasteiger partial charge in [0.05, 0.1) is 18.5 Å². The number of nitrogens with zero attached hydrogens (tertiary/aromatic N) is 2. The first-order chi connectivity index (χ1) is 12.3. The van der Waals surface area contributed by atoms with Crippen LogP contribution in [-0.4, -0.2) is 28.8 Å². The van der Waals surface area contributed by atoms with Crippen molar-refractivity contribution in [3.63, 3.8) is 0 Å². The molecule has 1 heterocycles. The molecular formula is C20H21N3O2. The summed E-state index contributed by atoms with van der Waals surface area (Å²) in [5, 5.41) is 7.21. The highest BCUT2D eigenvalue weighted by atomic mass is 16.5. The van der Waals surface area contributed by atoms with E-state index in [0.717, 1.165) is 23.2 Å². The van der Waals surface area contributed by atoms with Crippen LogP contribution in [0.25, 0.3) is 5.69 Å². The van der Waals surface area contributed by atoms with Crippen LogP contribution in [0.2, 0.25) is 0 Å². The summed E-state index contributed by atoms with van der Waals surface area (Å²) in [5.74, 6) is -0.105. The molecule has 0 saturated heterocycles. The van der Waals surface area contributed by atoms with Gasteiger partial charge in [-0.25, -0.2) is 4.68 Å². The minimum atomic E-state index is -0.105. The second-order valence-corrected chi connectivity index (χ2v) is 5.71. The van der Waals surface area contributed by atoms with Gasteiger partial charge in [0, 0.05) is 12.7 Å². The number of carbonyl (C=O) groups excluding carboxylic acids is 1. The van der Waals surface area contributed by atoms with E-state index in [-0.39, 0.29) is 12.5 Å². The fourth-order valence-electron chi connectivity index (χ4n) is 2.44. The number of amides is 1. The zero-order chi connectivity index (χ0) is 17.3. The molecule has 1 amide bonds. The Morgan fingerprint density at radius 1 is 1.00 bits per heavy atom. The predicted molar refractivity (Wildman–Crippen MR) is 96.4 cm³/mol. The Morgan fingerprint density at radius 2 is 1.72 bits per heavy atom. The monoisotopic (exact) mass is 335 g/mol. The first-order valence-corrected chi connectivity index (χ1v) is 8.28. The largest absolute Gasteiger partial charge is 0.367 e. The Morgan fingerprint density at radius 3 is 2.48 bits per heavy atom. The summed E-state index contributed by atoms with van der Waals surface area (Å²) in [4.78, 5) is 11.8. The molecule has 5 nitrogen and oxygen atoms in total.